The fourth-order valence-electron chi connectivity index (χ4n) is 4.86. The van der Waals surface area contributed by atoms with Gasteiger partial charge < -0.3 is 19.4 Å². The van der Waals surface area contributed by atoms with Gasteiger partial charge in [0, 0.05) is 55.3 Å². The maximum absolute atomic E-state index is 14.1. The van der Waals surface area contributed by atoms with Crippen LogP contribution < -0.4 is 20.3 Å². The minimum absolute atomic E-state index is 0.254. The number of hydrogen-bond acceptors (Lipinski definition) is 6. The Bertz CT molecular complexity index is 1250. The Hall–Kier alpha value is -3.04. The number of likely N-dealkylation sites (tertiary alicyclic amines) is 1. The molecule has 5 rings (SSSR count). The molecule has 0 aliphatic carbocycles. The highest BCUT2D eigenvalue weighted by molar-refractivity contribution is 5.79. The molecule has 0 amide bonds. The zero-order valence-electron chi connectivity index (χ0n) is 19.1. The lowest BCUT2D eigenvalue weighted by Crippen LogP contribution is -2.48. The molecule has 0 bridgehead atoms. The zero-order valence-corrected chi connectivity index (χ0v) is 19.1. The van der Waals surface area contributed by atoms with Gasteiger partial charge in [0.25, 0.3) is 5.56 Å². The largest absolute Gasteiger partial charge is 0.486 e. The number of benzene rings is 1. The number of hydrogen-bond donors (Lipinski definition) is 1. The van der Waals surface area contributed by atoms with E-state index in [1.165, 1.54) is 22.8 Å². The number of rotatable bonds is 6. The minimum atomic E-state index is -0.683. The molecule has 0 saturated carbocycles. The first-order valence-corrected chi connectivity index (χ1v) is 11.7. The van der Waals surface area contributed by atoms with Crippen molar-refractivity contribution in [2.24, 2.45) is 0 Å². The molecule has 1 N–H and O–H groups in total. The van der Waals surface area contributed by atoms with Crippen LogP contribution in [-0.2, 0) is 13.1 Å². The molecule has 1 saturated heterocycles. The molecule has 34 heavy (non-hydrogen) atoms. The van der Waals surface area contributed by atoms with Gasteiger partial charge in [-0.3, -0.25) is 14.7 Å². The van der Waals surface area contributed by atoms with Crippen molar-refractivity contribution in [1.82, 2.24) is 19.8 Å². The van der Waals surface area contributed by atoms with Gasteiger partial charge in [0.15, 0.2) is 11.5 Å². The first-order chi connectivity index (χ1) is 16.5. The predicted molar refractivity (Wildman–Crippen MR) is 124 cm³/mol. The van der Waals surface area contributed by atoms with E-state index in [4.69, 9.17) is 9.47 Å². The van der Waals surface area contributed by atoms with Crippen LogP contribution in [0.5, 0.6) is 11.5 Å². The van der Waals surface area contributed by atoms with Crippen molar-refractivity contribution in [2.45, 2.75) is 44.9 Å². The van der Waals surface area contributed by atoms with Crippen LogP contribution in [0.15, 0.2) is 41.3 Å². The van der Waals surface area contributed by atoms with Gasteiger partial charge in [-0.25, -0.2) is 8.78 Å². The summed E-state index contributed by atoms with van der Waals surface area (Å²) >= 11 is 0. The smallest absolute Gasteiger partial charge is 0.251 e. The maximum atomic E-state index is 14.1. The second-order valence-electron chi connectivity index (χ2n) is 8.95. The second kappa shape index (κ2) is 9.68. The molecule has 2 unspecified atom stereocenters. The van der Waals surface area contributed by atoms with Gasteiger partial charge >= 0.3 is 0 Å². The van der Waals surface area contributed by atoms with Gasteiger partial charge in [0.05, 0.1) is 17.4 Å². The van der Waals surface area contributed by atoms with E-state index < -0.39 is 11.6 Å². The molecule has 3 aromatic rings. The minimum Gasteiger partial charge on any atom is -0.486 e. The molecule has 0 spiro atoms. The Kier molecular flexibility index (Phi) is 6.47. The van der Waals surface area contributed by atoms with E-state index in [1.807, 2.05) is 6.07 Å². The van der Waals surface area contributed by atoms with Gasteiger partial charge in [-0.2, -0.15) is 0 Å². The molecule has 2 aromatic heterocycles. The molecule has 1 fully saturated rings. The Balaban J connectivity index is 1.18. The molecule has 4 heterocycles. The highest BCUT2D eigenvalue weighted by Gasteiger charge is 2.25. The lowest BCUT2D eigenvalue weighted by atomic mass is 9.98. The summed E-state index contributed by atoms with van der Waals surface area (Å²) in [5, 5.41) is 3.85. The van der Waals surface area contributed by atoms with Crippen LogP contribution in [-0.4, -0.2) is 52.8 Å². The summed E-state index contributed by atoms with van der Waals surface area (Å²) in [7, 11) is 0. The van der Waals surface area contributed by atoms with Crippen molar-refractivity contribution in [3.05, 3.63) is 64.2 Å². The predicted octanol–water partition coefficient (Wildman–Crippen LogP) is 3.09. The van der Waals surface area contributed by atoms with Crippen LogP contribution in [0.1, 0.15) is 25.5 Å². The third kappa shape index (κ3) is 4.76. The van der Waals surface area contributed by atoms with E-state index in [1.54, 1.807) is 6.20 Å². The first kappa shape index (κ1) is 22.7. The fourth-order valence-corrected chi connectivity index (χ4v) is 4.86. The van der Waals surface area contributed by atoms with E-state index >= 15 is 0 Å². The highest BCUT2D eigenvalue weighted by atomic mass is 19.1. The molecule has 9 heteroatoms. The normalized spacial score (nSPS) is 20.6. The number of pyridine rings is 2. The van der Waals surface area contributed by atoms with Crippen LogP contribution in [0.3, 0.4) is 0 Å². The molecule has 0 radical (unpaired) electrons. The van der Waals surface area contributed by atoms with Crippen LogP contribution in [0.4, 0.5) is 8.78 Å². The van der Waals surface area contributed by atoms with Crippen LogP contribution in [0.2, 0.25) is 0 Å². The van der Waals surface area contributed by atoms with Crippen molar-refractivity contribution >= 4 is 10.9 Å². The van der Waals surface area contributed by atoms with E-state index in [0.717, 1.165) is 36.9 Å². The topological polar surface area (TPSA) is 68.6 Å². The third-order valence-corrected chi connectivity index (χ3v) is 6.70. The summed E-state index contributed by atoms with van der Waals surface area (Å²) < 4.78 is 40.6. The lowest BCUT2D eigenvalue weighted by Gasteiger charge is -2.38. The fraction of sp³-hybridized carbons (Fsp3) is 0.440. The second-order valence-corrected chi connectivity index (χ2v) is 8.95. The van der Waals surface area contributed by atoms with E-state index in [-0.39, 0.29) is 10.9 Å². The lowest BCUT2D eigenvalue weighted by molar-refractivity contribution is 0.131. The molecule has 7 nitrogen and oxygen atoms in total. The number of nitrogens with zero attached hydrogens (tertiary/aromatic N) is 3. The van der Waals surface area contributed by atoms with Crippen molar-refractivity contribution in [1.29, 1.82) is 0 Å². The van der Waals surface area contributed by atoms with Crippen LogP contribution in [0.25, 0.3) is 10.9 Å². The summed E-state index contributed by atoms with van der Waals surface area (Å²) in [4.78, 5) is 19.2. The zero-order chi connectivity index (χ0) is 23.7. The average molecular weight is 471 g/mol. The van der Waals surface area contributed by atoms with E-state index in [9.17, 15) is 13.6 Å². The van der Waals surface area contributed by atoms with Crippen LogP contribution in [0, 0.1) is 11.6 Å². The number of halogens is 2. The van der Waals surface area contributed by atoms with Crippen molar-refractivity contribution in [3.8, 4) is 11.5 Å². The Morgan fingerprint density at radius 2 is 1.94 bits per heavy atom. The van der Waals surface area contributed by atoms with Gasteiger partial charge in [0.2, 0.25) is 0 Å². The quantitative estimate of drug-likeness (QED) is 0.597. The Morgan fingerprint density at radius 1 is 1.12 bits per heavy atom. The number of aromatic nitrogens is 2. The summed E-state index contributed by atoms with van der Waals surface area (Å²) in [5.41, 5.74) is 0.948. The summed E-state index contributed by atoms with van der Waals surface area (Å²) in [6, 6.07) is 7.41. The van der Waals surface area contributed by atoms with Crippen molar-refractivity contribution < 1.29 is 18.3 Å². The van der Waals surface area contributed by atoms with E-state index in [0.29, 0.717) is 56.2 Å². The molecule has 1 aromatic carbocycles. The maximum Gasteiger partial charge on any atom is 0.251 e. The first-order valence-electron chi connectivity index (χ1n) is 11.7. The third-order valence-electron chi connectivity index (χ3n) is 6.70. The average Bonchev–Trinajstić information content (AvgIpc) is 2.83. The van der Waals surface area contributed by atoms with Crippen LogP contribution >= 0.6 is 0 Å². The summed E-state index contributed by atoms with van der Waals surface area (Å²) in [5.74, 6) is 0.0889. The van der Waals surface area contributed by atoms with Crippen molar-refractivity contribution in [3.63, 3.8) is 0 Å². The van der Waals surface area contributed by atoms with Gasteiger partial charge in [0.1, 0.15) is 24.8 Å². The molecular formula is C25H28F2N4O3. The number of piperidine rings is 1. The van der Waals surface area contributed by atoms with Crippen molar-refractivity contribution in [2.75, 3.05) is 26.3 Å². The molecule has 2 aliphatic rings. The SMILES string of the molecule is CC1CC(NCc2cc3c(cn2)OCCO3)CCN1CCn1c(=O)ccc2c(F)cc(F)cc21. The molecular weight excluding hydrogens is 442 g/mol. The molecule has 180 valence electrons. The van der Waals surface area contributed by atoms with Gasteiger partial charge in [-0.1, -0.05) is 0 Å². The molecule has 2 aliphatic heterocycles. The number of nitrogens with one attached hydrogen (secondary N) is 1. The Morgan fingerprint density at radius 3 is 2.76 bits per heavy atom. The standard InChI is InChI=1S/C25H28F2N4O3/c1-16-10-18(28-14-19-13-23-24(15-29-19)34-9-8-33-23)4-5-30(16)6-7-31-22-12-17(26)11-21(27)20(22)2-3-25(31)32/h2-3,11-13,15-16,18,28H,4-10,14H2,1H3. The van der Waals surface area contributed by atoms with Gasteiger partial charge in [-0.05, 0) is 38.4 Å². The van der Waals surface area contributed by atoms with E-state index in [2.05, 4.69) is 22.1 Å². The summed E-state index contributed by atoms with van der Waals surface area (Å²) in [6.45, 7) is 5.80. The Labute approximate surface area is 196 Å². The number of ether oxygens (including phenoxy) is 2. The van der Waals surface area contributed by atoms with Gasteiger partial charge in [-0.15, -0.1) is 0 Å². The molecule has 2 atom stereocenters. The summed E-state index contributed by atoms with van der Waals surface area (Å²) in [6.07, 6.45) is 3.63. The monoisotopic (exact) mass is 470 g/mol. The highest BCUT2D eigenvalue weighted by Crippen LogP contribution is 2.29. The number of fused-ring (bicyclic) bond motifs is 2.